The number of morpholine rings is 1. The third kappa shape index (κ3) is 3.09. The van der Waals surface area contributed by atoms with Crippen molar-refractivity contribution in [1.82, 2.24) is 25.1 Å². The Morgan fingerprint density at radius 1 is 1.07 bits per heavy atom. The van der Waals surface area contributed by atoms with E-state index in [-0.39, 0.29) is 5.91 Å². The number of nitrogens with zero attached hydrogens (tertiary/aromatic N) is 3. The number of esters is 1. The zero-order chi connectivity index (χ0) is 20.7. The molecule has 0 unspecified atom stereocenters. The summed E-state index contributed by atoms with van der Waals surface area (Å²) in [4.78, 5) is 34.3. The number of rotatable bonds is 3. The Labute approximate surface area is 171 Å². The molecule has 2 aromatic heterocycles. The highest BCUT2D eigenvalue weighted by Gasteiger charge is 2.20. The highest BCUT2D eigenvalue weighted by molar-refractivity contribution is 6.00. The number of aromatic nitrogens is 4. The molecule has 9 heteroatoms. The van der Waals surface area contributed by atoms with Crippen LogP contribution in [0.25, 0.3) is 33.5 Å². The summed E-state index contributed by atoms with van der Waals surface area (Å²) in [5, 5.41) is 8.06. The average molecular weight is 405 g/mol. The fraction of sp³-hybridized carbons (Fsp3) is 0.238. The van der Waals surface area contributed by atoms with Crippen LogP contribution in [0.1, 0.15) is 20.7 Å². The van der Waals surface area contributed by atoms with Crippen molar-refractivity contribution in [3.63, 3.8) is 0 Å². The van der Waals surface area contributed by atoms with Gasteiger partial charge in [0.1, 0.15) is 5.69 Å². The third-order valence-electron chi connectivity index (χ3n) is 5.24. The first-order chi connectivity index (χ1) is 14.6. The first kappa shape index (κ1) is 18.3. The number of carbonyl (C=O) groups excluding carboxylic acids is 2. The second-order valence-electron chi connectivity index (χ2n) is 7.05. The van der Waals surface area contributed by atoms with Gasteiger partial charge in [0.25, 0.3) is 5.91 Å². The zero-order valence-corrected chi connectivity index (χ0v) is 16.3. The van der Waals surface area contributed by atoms with Gasteiger partial charge in [-0.1, -0.05) is 0 Å². The Hall–Kier alpha value is -3.72. The average Bonchev–Trinajstić information content (AvgIpc) is 3.41. The smallest absolute Gasteiger partial charge is 0.337 e. The topological polar surface area (TPSA) is 113 Å². The molecule has 0 spiro atoms. The van der Waals surface area contributed by atoms with E-state index in [1.54, 1.807) is 35.2 Å². The van der Waals surface area contributed by atoms with Crippen molar-refractivity contribution in [3.8, 4) is 11.5 Å². The molecular weight excluding hydrogens is 386 g/mol. The maximum atomic E-state index is 12.8. The van der Waals surface area contributed by atoms with Crippen LogP contribution >= 0.6 is 0 Å². The van der Waals surface area contributed by atoms with Gasteiger partial charge in [-0.25, -0.2) is 9.78 Å². The van der Waals surface area contributed by atoms with E-state index in [2.05, 4.69) is 20.2 Å². The van der Waals surface area contributed by atoms with Crippen molar-refractivity contribution >= 4 is 33.8 Å². The van der Waals surface area contributed by atoms with E-state index in [9.17, 15) is 9.59 Å². The highest BCUT2D eigenvalue weighted by atomic mass is 16.5. The number of hydrogen-bond donors (Lipinski definition) is 2. The van der Waals surface area contributed by atoms with Crippen LogP contribution in [-0.4, -0.2) is 70.4 Å². The number of hydrogen-bond acceptors (Lipinski definition) is 6. The molecule has 1 fully saturated rings. The van der Waals surface area contributed by atoms with Crippen molar-refractivity contribution in [2.24, 2.45) is 0 Å². The van der Waals surface area contributed by atoms with Gasteiger partial charge in [-0.2, -0.15) is 5.10 Å². The van der Waals surface area contributed by atoms with Crippen LogP contribution in [0.3, 0.4) is 0 Å². The fourth-order valence-corrected chi connectivity index (χ4v) is 3.64. The molecule has 152 valence electrons. The van der Waals surface area contributed by atoms with E-state index in [1.165, 1.54) is 7.11 Å². The first-order valence-electron chi connectivity index (χ1n) is 9.57. The van der Waals surface area contributed by atoms with Crippen LogP contribution in [0.15, 0.2) is 36.4 Å². The van der Waals surface area contributed by atoms with Crippen molar-refractivity contribution in [2.75, 3.05) is 33.4 Å². The number of fused-ring (bicyclic) bond motifs is 2. The molecule has 1 amide bonds. The number of aromatic amines is 2. The van der Waals surface area contributed by atoms with Gasteiger partial charge in [0.15, 0.2) is 5.82 Å². The molecule has 0 radical (unpaired) electrons. The number of H-pyrrole nitrogens is 2. The summed E-state index contributed by atoms with van der Waals surface area (Å²) in [6, 6.07) is 10.6. The number of ether oxygens (including phenoxy) is 2. The van der Waals surface area contributed by atoms with E-state index < -0.39 is 5.97 Å². The van der Waals surface area contributed by atoms with Crippen molar-refractivity contribution < 1.29 is 19.1 Å². The maximum Gasteiger partial charge on any atom is 0.337 e. The molecular formula is C21H19N5O4. The number of methoxy groups -OCH3 is 1. The van der Waals surface area contributed by atoms with Gasteiger partial charge in [-0.05, 0) is 36.4 Å². The minimum absolute atomic E-state index is 0.0238. The number of imidazole rings is 1. The minimum atomic E-state index is -0.417. The SMILES string of the molecule is COC(=O)c1ccc2[nH]nc(-c3nc4ccc(C(=O)N5CCOCC5)cc4[nH]3)c2c1. The number of nitrogens with one attached hydrogen (secondary N) is 2. The van der Waals surface area contributed by atoms with Gasteiger partial charge in [0.2, 0.25) is 0 Å². The Balaban J connectivity index is 1.52. The lowest BCUT2D eigenvalue weighted by Gasteiger charge is -2.26. The van der Waals surface area contributed by atoms with Crippen LogP contribution in [0.5, 0.6) is 0 Å². The first-order valence-corrected chi connectivity index (χ1v) is 9.57. The second kappa shape index (κ2) is 7.27. The van der Waals surface area contributed by atoms with Crippen LogP contribution < -0.4 is 0 Å². The molecule has 30 heavy (non-hydrogen) atoms. The molecule has 1 aliphatic rings. The third-order valence-corrected chi connectivity index (χ3v) is 5.24. The number of carbonyl (C=O) groups is 2. The summed E-state index contributed by atoms with van der Waals surface area (Å²) in [5.41, 5.74) is 3.86. The summed E-state index contributed by atoms with van der Waals surface area (Å²) >= 11 is 0. The molecule has 9 nitrogen and oxygen atoms in total. The molecule has 1 aliphatic heterocycles. The largest absolute Gasteiger partial charge is 0.465 e. The van der Waals surface area contributed by atoms with E-state index in [1.807, 2.05) is 6.07 Å². The van der Waals surface area contributed by atoms with Gasteiger partial charge in [-0.15, -0.1) is 0 Å². The van der Waals surface area contributed by atoms with Gasteiger partial charge < -0.3 is 19.4 Å². The normalized spacial score (nSPS) is 14.4. The Bertz CT molecular complexity index is 1270. The molecule has 2 N–H and O–H groups in total. The number of benzene rings is 2. The maximum absolute atomic E-state index is 12.8. The summed E-state index contributed by atoms with van der Waals surface area (Å²) in [5.74, 6) is 0.110. The monoisotopic (exact) mass is 405 g/mol. The minimum Gasteiger partial charge on any atom is -0.465 e. The Morgan fingerprint density at radius 2 is 1.87 bits per heavy atom. The summed E-state index contributed by atoms with van der Waals surface area (Å²) in [7, 11) is 1.35. The lowest BCUT2D eigenvalue weighted by Crippen LogP contribution is -2.40. The van der Waals surface area contributed by atoms with E-state index in [0.717, 1.165) is 21.9 Å². The van der Waals surface area contributed by atoms with Gasteiger partial charge in [0, 0.05) is 24.0 Å². The molecule has 0 bridgehead atoms. The molecule has 2 aromatic carbocycles. The summed E-state index contributed by atoms with van der Waals surface area (Å²) in [6.45, 7) is 2.30. The molecule has 4 aromatic rings. The van der Waals surface area contributed by atoms with Crippen LogP contribution in [0.2, 0.25) is 0 Å². The van der Waals surface area contributed by atoms with Gasteiger partial charge >= 0.3 is 5.97 Å². The molecule has 3 heterocycles. The predicted molar refractivity (Wildman–Crippen MR) is 109 cm³/mol. The van der Waals surface area contributed by atoms with E-state index >= 15 is 0 Å². The lowest BCUT2D eigenvalue weighted by molar-refractivity contribution is 0.0303. The number of amides is 1. The van der Waals surface area contributed by atoms with Crippen LogP contribution in [0.4, 0.5) is 0 Å². The predicted octanol–water partition coefficient (Wildman–Crippen LogP) is 2.37. The van der Waals surface area contributed by atoms with Gasteiger partial charge in [0.05, 0.1) is 42.4 Å². The van der Waals surface area contributed by atoms with E-state index in [0.29, 0.717) is 48.9 Å². The summed E-state index contributed by atoms with van der Waals surface area (Å²) < 4.78 is 10.1. The van der Waals surface area contributed by atoms with E-state index in [4.69, 9.17) is 9.47 Å². The molecule has 1 saturated heterocycles. The molecule has 0 aliphatic carbocycles. The molecule has 5 rings (SSSR count). The zero-order valence-electron chi connectivity index (χ0n) is 16.3. The molecule has 0 saturated carbocycles. The Morgan fingerprint density at radius 3 is 2.67 bits per heavy atom. The van der Waals surface area contributed by atoms with Gasteiger partial charge in [-0.3, -0.25) is 9.89 Å². The van der Waals surface area contributed by atoms with Crippen LogP contribution in [-0.2, 0) is 9.47 Å². The van der Waals surface area contributed by atoms with Crippen LogP contribution in [0, 0.1) is 0 Å². The van der Waals surface area contributed by atoms with Crippen molar-refractivity contribution in [1.29, 1.82) is 0 Å². The quantitative estimate of drug-likeness (QED) is 0.506. The van der Waals surface area contributed by atoms with Crippen molar-refractivity contribution in [3.05, 3.63) is 47.5 Å². The Kier molecular flexibility index (Phi) is 4.44. The lowest BCUT2D eigenvalue weighted by atomic mass is 10.1. The summed E-state index contributed by atoms with van der Waals surface area (Å²) in [6.07, 6.45) is 0. The van der Waals surface area contributed by atoms with Crippen molar-refractivity contribution in [2.45, 2.75) is 0 Å². The molecule has 0 atom stereocenters. The second-order valence-corrected chi connectivity index (χ2v) is 7.05. The fourth-order valence-electron chi connectivity index (χ4n) is 3.64. The highest BCUT2D eigenvalue weighted by Crippen LogP contribution is 2.27. The standard InChI is InChI=1S/C21H19N5O4/c1-29-21(28)13-3-4-15-14(10-13)18(25-24-15)19-22-16-5-2-12(11-17(16)23-19)20(27)26-6-8-30-9-7-26/h2-5,10-11H,6-9H2,1H3,(H,22,23)(H,24,25).